The van der Waals surface area contributed by atoms with E-state index in [1.807, 2.05) is 16.7 Å². The maximum atomic E-state index is 13.8. The van der Waals surface area contributed by atoms with Crippen LogP contribution in [0, 0.1) is 12.8 Å². The summed E-state index contributed by atoms with van der Waals surface area (Å²) in [6, 6.07) is 8.88. The Morgan fingerprint density at radius 3 is 2.51 bits per heavy atom. The summed E-state index contributed by atoms with van der Waals surface area (Å²) in [6.07, 6.45) is 4.71. The van der Waals surface area contributed by atoms with Crippen molar-refractivity contribution in [3.05, 3.63) is 51.5 Å². The number of aryl methyl sites for hydroxylation is 1. The molecule has 2 heterocycles. The van der Waals surface area contributed by atoms with Crippen LogP contribution in [0.25, 0.3) is 21.8 Å². The molecule has 0 radical (unpaired) electrons. The number of hydrogen-bond donors (Lipinski definition) is 1. The Morgan fingerprint density at radius 2 is 1.82 bits per heavy atom. The molecular weight excluding hydrogens is 522 g/mol. The number of amides is 1. The number of anilines is 1. The molecule has 5 rings (SSSR count). The topological polar surface area (TPSA) is 105 Å². The Morgan fingerprint density at radius 1 is 1.10 bits per heavy atom. The number of pyridine rings is 1. The van der Waals surface area contributed by atoms with Gasteiger partial charge in [-0.15, -0.1) is 0 Å². The summed E-state index contributed by atoms with van der Waals surface area (Å²) in [4.78, 5) is 27.0. The van der Waals surface area contributed by atoms with Gasteiger partial charge >= 0.3 is 0 Å². The smallest absolute Gasteiger partial charge is 0.264 e. The van der Waals surface area contributed by atoms with Gasteiger partial charge in [0, 0.05) is 35.7 Å². The Labute approximate surface area is 231 Å². The molecule has 0 saturated heterocycles. The maximum absolute atomic E-state index is 13.8. The molecule has 2 aromatic heterocycles. The maximum Gasteiger partial charge on any atom is 0.264 e. The molecule has 2 atom stereocenters. The van der Waals surface area contributed by atoms with Crippen LogP contribution in [0.15, 0.2) is 39.6 Å². The van der Waals surface area contributed by atoms with E-state index < -0.39 is 0 Å². The lowest BCUT2D eigenvalue weighted by Crippen LogP contribution is -2.27. The molecule has 206 valence electrons. The Balaban J connectivity index is 1.43. The first-order valence-electron chi connectivity index (χ1n) is 13.0. The number of ether oxygens (including phenoxy) is 3. The van der Waals surface area contributed by atoms with Crippen LogP contribution in [0.4, 0.5) is 5.69 Å². The summed E-state index contributed by atoms with van der Waals surface area (Å²) < 4.78 is 23.4. The van der Waals surface area contributed by atoms with Gasteiger partial charge in [-0.3, -0.25) is 9.59 Å². The summed E-state index contributed by atoms with van der Waals surface area (Å²) in [5.74, 6) is 1.85. The fourth-order valence-corrected chi connectivity index (χ4v) is 6.07. The zero-order chi connectivity index (χ0) is 27.7. The van der Waals surface area contributed by atoms with Crippen molar-refractivity contribution < 1.29 is 23.5 Å². The number of carbonyl (C=O) groups is 1. The van der Waals surface area contributed by atoms with E-state index >= 15 is 0 Å². The predicted molar refractivity (Wildman–Crippen MR) is 150 cm³/mol. The molecule has 1 N–H and O–H groups in total. The Bertz CT molecular complexity index is 1570. The van der Waals surface area contributed by atoms with Crippen LogP contribution >= 0.6 is 11.6 Å². The summed E-state index contributed by atoms with van der Waals surface area (Å²) in [7, 11) is 4.60. The van der Waals surface area contributed by atoms with E-state index in [4.69, 9.17) is 30.3 Å². The van der Waals surface area contributed by atoms with Crippen molar-refractivity contribution in [1.82, 2.24) is 9.72 Å². The SMILES string of the molecule is COc1cc(NC(=O)C[C@@H]2CCCC[C@@H](n3c(=O)c4c(C)onc4c4c(Cl)cccc43)C2)cc(OC)c1OC. The van der Waals surface area contributed by atoms with Crippen LogP contribution in [0.5, 0.6) is 17.2 Å². The normalized spacial score (nSPS) is 17.7. The highest BCUT2D eigenvalue weighted by molar-refractivity contribution is 6.37. The first kappa shape index (κ1) is 26.9. The minimum atomic E-state index is -0.133. The summed E-state index contributed by atoms with van der Waals surface area (Å²) in [6.45, 7) is 1.74. The van der Waals surface area contributed by atoms with E-state index in [-0.39, 0.29) is 23.4 Å². The molecule has 1 saturated carbocycles. The van der Waals surface area contributed by atoms with E-state index in [2.05, 4.69) is 10.5 Å². The van der Waals surface area contributed by atoms with Crippen LogP contribution in [0.1, 0.15) is 50.3 Å². The van der Waals surface area contributed by atoms with Gasteiger partial charge < -0.3 is 28.6 Å². The zero-order valence-electron chi connectivity index (χ0n) is 22.5. The summed E-state index contributed by atoms with van der Waals surface area (Å²) >= 11 is 6.60. The zero-order valence-corrected chi connectivity index (χ0v) is 23.3. The molecule has 0 spiro atoms. The second-order valence-electron chi connectivity index (χ2n) is 9.98. The van der Waals surface area contributed by atoms with Crippen molar-refractivity contribution in [2.24, 2.45) is 5.92 Å². The molecule has 0 bridgehead atoms. The second-order valence-corrected chi connectivity index (χ2v) is 10.4. The predicted octanol–water partition coefficient (Wildman–Crippen LogP) is 6.28. The van der Waals surface area contributed by atoms with Crippen molar-refractivity contribution in [3.63, 3.8) is 0 Å². The van der Waals surface area contributed by atoms with Gasteiger partial charge in [-0.2, -0.15) is 0 Å². The van der Waals surface area contributed by atoms with Gasteiger partial charge in [-0.05, 0) is 44.2 Å². The van der Waals surface area contributed by atoms with Crippen molar-refractivity contribution in [2.75, 3.05) is 26.6 Å². The molecule has 10 heteroatoms. The van der Waals surface area contributed by atoms with Crippen LogP contribution in [-0.2, 0) is 4.79 Å². The van der Waals surface area contributed by atoms with Gasteiger partial charge in [0.25, 0.3) is 5.56 Å². The second kappa shape index (κ2) is 11.2. The van der Waals surface area contributed by atoms with Crippen molar-refractivity contribution >= 4 is 45.0 Å². The highest BCUT2D eigenvalue weighted by Crippen LogP contribution is 2.41. The standard InChI is InChI=1S/C29H32ClN3O6/c1-16-25-27(32-39-16)26-20(30)10-7-11-21(26)33(29(25)35)19-9-6-5-8-17(12-19)13-24(34)31-18-14-22(36-2)28(38-4)23(15-18)37-3/h7,10-11,14-15,17,19H,5-6,8-9,12-13H2,1-4H3,(H,31,34)/t17-,19-/m1/s1. The van der Waals surface area contributed by atoms with Crippen LogP contribution < -0.4 is 25.1 Å². The number of nitrogens with one attached hydrogen (secondary N) is 1. The summed E-state index contributed by atoms with van der Waals surface area (Å²) in [5.41, 5.74) is 1.65. The quantitative estimate of drug-likeness (QED) is 0.268. The third-order valence-corrected chi connectivity index (χ3v) is 7.89. The van der Waals surface area contributed by atoms with Gasteiger partial charge in [0.15, 0.2) is 11.5 Å². The molecular formula is C29H32ClN3O6. The number of methoxy groups -OCH3 is 3. The van der Waals surface area contributed by atoms with Gasteiger partial charge in [0.05, 0.1) is 31.9 Å². The first-order valence-corrected chi connectivity index (χ1v) is 13.4. The molecule has 9 nitrogen and oxygen atoms in total. The molecule has 0 aliphatic heterocycles. The molecule has 1 amide bonds. The molecule has 4 aromatic rings. The number of hydrogen-bond acceptors (Lipinski definition) is 7. The van der Waals surface area contributed by atoms with Crippen LogP contribution in [0.3, 0.4) is 0 Å². The number of rotatable bonds is 7. The van der Waals surface area contributed by atoms with Crippen molar-refractivity contribution in [3.8, 4) is 17.2 Å². The molecule has 2 aromatic carbocycles. The number of benzene rings is 2. The minimum Gasteiger partial charge on any atom is -0.493 e. The lowest BCUT2D eigenvalue weighted by molar-refractivity contribution is -0.117. The number of aromatic nitrogens is 2. The van der Waals surface area contributed by atoms with E-state index in [9.17, 15) is 9.59 Å². The van der Waals surface area contributed by atoms with E-state index in [1.165, 1.54) is 21.3 Å². The molecule has 1 aliphatic carbocycles. The number of nitrogens with zero attached hydrogens (tertiary/aromatic N) is 2. The van der Waals surface area contributed by atoms with Gasteiger partial charge in [0.2, 0.25) is 11.7 Å². The lowest BCUT2D eigenvalue weighted by atomic mass is 9.93. The van der Waals surface area contributed by atoms with Crippen molar-refractivity contribution in [2.45, 2.75) is 51.5 Å². The molecule has 0 unspecified atom stereocenters. The van der Waals surface area contributed by atoms with Crippen LogP contribution in [-0.4, -0.2) is 37.0 Å². The fourth-order valence-electron chi connectivity index (χ4n) is 5.82. The fraction of sp³-hybridized carbons (Fsp3) is 0.414. The average Bonchev–Trinajstić information content (AvgIpc) is 3.16. The van der Waals surface area contributed by atoms with E-state index in [0.29, 0.717) is 62.8 Å². The van der Waals surface area contributed by atoms with Crippen molar-refractivity contribution in [1.29, 1.82) is 0 Å². The third-order valence-electron chi connectivity index (χ3n) is 7.58. The largest absolute Gasteiger partial charge is 0.493 e. The van der Waals surface area contributed by atoms with Gasteiger partial charge in [-0.1, -0.05) is 35.7 Å². The van der Waals surface area contributed by atoms with Gasteiger partial charge in [-0.25, -0.2) is 0 Å². The minimum absolute atomic E-state index is 0.0846. The first-order chi connectivity index (χ1) is 18.9. The van der Waals surface area contributed by atoms with Crippen LogP contribution in [0.2, 0.25) is 5.02 Å². The Kier molecular flexibility index (Phi) is 7.70. The van der Waals surface area contributed by atoms with Gasteiger partial charge in [0.1, 0.15) is 16.7 Å². The average molecular weight is 554 g/mol. The summed E-state index contributed by atoms with van der Waals surface area (Å²) in [5, 5.41) is 8.82. The molecule has 1 fully saturated rings. The number of fused-ring (bicyclic) bond motifs is 3. The third kappa shape index (κ3) is 5.03. The molecule has 39 heavy (non-hydrogen) atoms. The number of halogens is 1. The monoisotopic (exact) mass is 553 g/mol. The lowest BCUT2D eigenvalue weighted by Gasteiger charge is -2.24. The van der Waals surface area contributed by atoms with E-state index in [0.717, 1.165) is 31.2 Å². The molecule has 1 aliphatic rings. The Hall–Kier alpha value is -3.72. The number of carbonyl (C=O) groups excluding carboxylic acids is 1. The highest BCUT2D eigenvalue weighted by atomic mass is 35.5. The highest BCUT2D eigenvalue weighted by Gasteiger charge is 2.28. The van der Waals surface area contributed by atoms with E-state index in [1.54, 1.807) is 25.1 Å².